The van der Waals surface area contributed by atoms with E-state index in [1.807, 2.05) is 0 Å². The lowest BCUT2D eigenvalue weighted by Crippen LogP contribution is -2.19. The third-order valence-electron chi connectivity index (χ3n) is 5.54. The standard InChI is InChI=1S/C20H38O3/c1-2-3-4-5-6-10-13-18-17(15-16-19(18)21)12-9-7-8-11-14-20(22)23/h17-19,21H,2-16H2,1H3,(H,22,23). The molecular formula is C20H38O3. The number of aliphatic hydroxyl groups is 1. The van der Waals surface area contributed by atoms with Gasteiger partial charge in [0.25, 0.3) is 0 Å². The molecule has 3 unspecified atom stereocenters. The number of hydrogen-bond acceptors (Lipinski definition) is 2. The maximum atomic E-state index is 10.5. The Hall–Kier alpha value is -0.570. The minimum absolute atomic E-state index is 0.0670. The fourth-order valence-electron chi connectivity index (χ4n) is 4.11. The summed E-state index contributed by atoms with van der Waals surface area (Å²) in [5.41, 5.74) is 0. The van der Waals surface area contributed by atoms with E-state index in [1.54, 1.807) is 0 Å². The molecule has 0 aromatic rings. The van der Waals surface area contributed by atoms with E-state index in [-0.39, 0.29) is 6.10 Å². The predicted molar refractivity (Wildman–Crippen MR) is 95.6 cm³/mol. The molecule has 0 spiro atoms. The van der Waals surface area contributed by atoms with Gasteiger partial charge in [-0.3, -0.25) is 4.79 Å². The fraction of sp³-hybridized carbons (Fsp3) is 0.950. The third-order valence-corrected chi connectivity index (χ3v) is 5.54. The van der Waals surface area contributed by atoms with Crippen LogP contribution in [0.1, 0.15) is 103 Å². The van der Waals surface area contributed by atoms with Crippen molar-refractivity contribution in [3.05, 3.63) is 0 Å². The second-order valence-corrected chi connectivity index (χ2v) is 7.47. The van der Waals surface area contributed by atoms with Crippen LogP contribution in [0.25, 0.3) is 0 Å². The molecule has 0 bridgehead atoms. The highest BCUT2D eigenvalue weighted by atomic mass is 16.4. The number of carbonyl (C=O) groups is 1. The van der Waals surface area contributed by atoms with Crippen LogP contribution in [-0.2, 0) is 4.79 Å². The Morgan fingerprint density at radius 3 is 2.17 bits per heavy atom. The molecule has 0 amide bonds. The summed E-state index contributed by atoms with van der Waals surface area (Å²) < 4.78 is 0. The Kier molecular flexibility index (Phi) is 11.4. The van der Waals surface area contributed by atoms with Crippen LogP contribution in [-0.4, -0.2) is 22.3 Å². The Bertz CT molecular complexity index is 303. The quantitative estimate of drug-likeness (QED) is 0.411. The molecule has 1 fully saturated rings. The summed E-state index contributed by atoms with van der Waals surface area (Å²) >= 11 is 0. The smallest absolute Gasteiger partial charge is 0.303 e. The third kappa shape index (κ3) is 9.34. The number of rotatable bonds is 14. The molecule has 1 rings (SSSR count). The van der Waals surface area contributed by atoms with Crippen LogP contribution in [0.15, 0.2) is 0 Å². The molecule has 3 nitrogen and oxygen atoms in total. The first-order chi connectivity index (χ1) is 11.1. The van der Waals surface area contributed by atoms with Gasteiger partial charge in [0.15, 0.2) is 0 Å². The molecule has 0 saturated heterocycles. The molecule has 0 aromatic carbocycles. The first kappa shape index (κ1) is 20.5. The zero-order chi connectivity index (χ0) is 16.9. The Morgan fingerprint density at radius 2 is 1.48 bits per heavy atom. The van der Waals surface area contributed by atoms with Gasteiger partial charge in [-0.2, -0.15) is 0 Å². The van der Waals surface area contributed by atoms with E-state index in [0.717, 1.165) is 25.7 Å². The van der Waals surface area contributed by atoms with Gasteiger partial charge in [0, 0.05) is 6.42 Å². The normalized spacial score (nSPS) is 24.2. The lowest BCUT2D eigenvalue weighted by atomic mass is 9.85. The summed E-state index contributed by atoms with van der Waals surface area (Å²) in [6.45, 7) is 2.25. The highest BCUT2D eigenvalue weighted by Crippen LogP contribution is 2.38. The molecule has 136 valence electrons. The number of hydrogen-bond donors (Lipinski definition) is 2. The Balaban J connectivity index is 2.09. The van der Waals surface area contributed by atoms with E-state index in [9.17, 15) is 9.90 Å². The molecular weight excluding hydrogens is 288 g/mol. The molecule has 3 atom stereocenters. The molecule has 1 aliphatic rings. The topological polar surface area (TPSA) is 57.5 Å². The zero-order valence-corrected chi connectivity index (χ0v) is 15.1. The van der Waals surface area contributed by atoms with Gasteiger partial charge >= 0.3 is 5.97 Å². The van der Waals surface area contributed by atoms with Crippen LogP contribution in [0, 0.1) is 11.8 Å². The van der Waals surface area contributed by atoms with Gasteiger partial charge < -0.3 is 10.2 Å². The van der Waals surface area contributed by atoms with E-state index in [0.29, 0.717) is 18.3 Å². The van der Waals surface area contributed by atoms with Gasteiger partial charge in [-0.1, -0.05) is 71.1 Å². The number of aliphatic carboxylic acids is 1. The van der Waals surface area contributed by atoms with Crippen molar-refractivity contribution in [2.24, 2.45) is 11.8 Å². The van der Waals surface area contributed by atoms with Crippen LogP contribution in [0.2, 0.25) is 0 Å². The number of carboxylic acids is 1. The van der Waals surface area contributed by atoms with Gasteiger partial charge in [0.2, 0.25) is 0 Å². The summed E-state index contributed by atoms with van der Waals surface area (Å²) in [7, 11) is 0. The number of unbranched alkanes of at least 4 members (excludes halogenated alkanes) is 8. The second kappa shape index (κ2) is 12.8. The highest BCUT2D eigenvalue weighted by molar-refractivity contribution is 5.66. The molecule has 3 heteroatoms. The van der Waals surface area contributed by atoms with Crippen molar-refractivity contribution in [3.63, 3.8) is 0 Å². The van der Waals surface area contributed by atoms with Crippen molar-refractivity contribution in [2.45, 2.75) is 109 Å². The molecule has 2 N–H and O–H groups in total. The summed E-state index contributed by atoms with van der Waals surface area (Å²) in [5, 5.41) is 18.9. The zero-order valence-electron chi connectivity index (χ0n) is 15.1. The summed E-state index contributed by atoms with van der Waals surface area (Å²) in [6, 6.07) is 0. The number of carboxylic acid groups (broad SMARTS) is 1. The van der Waals surface area contributed by atoms with Gasteiger partial charge in [-0.25, -0.2) is 0 Å². The van der Waals surface area contributed by atoms with Crippen molar-refractivity contribution in [3.8, 4) is 0 Å². The van der Waals surface area contributed by atoms with E-state index < -0.39 is 5.97 Å². The van der Waals surface area contributed by atoms with E-state index in [1.165, 1.54) is 64.2 Å². The molecule has 0 heterocycles. The fourth-order valence-corrected chi connectivity index (χ4v) is 4.11. The van der Waals surface area contributed by atoms with Crippen LogP contribution < -0.4 is 0 Å². The van der Waals surface area contributed by atoms with Crippen molar-refractivity contribution >= 4 is 5.97 Å². The van der Waals surface area contributed by atoms with Crippen LogP contribution in [0.3, 0.4) is 0 Å². The predicted octanol–water partition coefficient (Wildman–Crippen LogP) is 5.55. The van der Waals surface area contributed by atoms with Crippen LogP contribution in [0.5, 0.6) is 0 Å². The molecule has 23 heavy (non-hydrogen) atoms. The molecule has 0 aromatic heterocycles. The van der Waals surface area contributed by atoms with Gasteiger partial charge in [-0.05, 0) is 37.5 Å². The first-order valence-corrected chi connectivity index (χ1v) is 10.0. The highest BCUT2D eigenvalue weighted by Gasteiger charge is 2.33. The lowest BCUT2D eigenvalue weighted by Gasteiger charge is -2.22. The van der Waals surface area contributed by atoms with Crippen LogP contribution in [0.4, 0.5) is 0 Å². The maximum absolute atomic E-state index is 10.5. The molecule has 0 radical (unpaired) electrons. The summed E-state index contributed by atoms with van der Waals surface area (Å²) in [5.74, 6) is 0.559. The van der Waals surface area contributed by atoms with Crippen molar-refractivity contribution in [2.75, 3.05) is 0 Å². The van der Waals surface area contributed by atoms with Crippen LogP contribution >= 0.6 is 0 Å². The van der Waals surface area contributed by atoms with Gasteiger partial charge in [0.1, 0.15) is 0 Å². The Labute approximate surface area is 142 Å². The van der Waals surface area contributed by atoms with Gasteiger partial charge in [-0.15, -0.1) is 0 Å². The van der Waals surface area contributed by atoms with E-state index >= 15 is 0 Å². The summed E-state index contributed by atoms with van der Waals surface area (Å²) in [6.07, 6.45) is 17.0. The van der Waals surface area contributed by atoms with Crippen molar-refractivity contribution < 1.29 is 15.0 Å². The van der Waals surface area contributed by atoms with E-state index in [2.05, 4.69) is 6.92 Å². The lowest BCUT2D eigenvalue weighted by molar-refractivity contribution is -0.137. The summed E-state index contributed by atoms with van der Waals surface area (Å²) in [4.78, 5) is 10.5. The Morgan fingerprint density at radius 1 is 0.870 bits per heavy atom. The largest absolute Gasteiger partial charge is 0.481 e. The van der Waals surface area contributed by atoms with E-state index in [4.69, 9.17) is 5.11 Å². The average molecular weight is 327 g/mol. The minimum Gasteiger partial charge on any atom is -0.481 e. The molecule has 1 saturated carbocycles. The number of aliphatic hydroxyl groups excluding tert-OH is 1. The van der Waals surface area contributed by atoms with Gasteiger partial charge in [0.05, 0.1) is 6.10 Å². The molecule has 1 aliphatic carbocycles. The maximum Gasteiger partial charge on any atom is 0.303 e. The van der Waals surface area contributed by atoms with Crippen molar-refractivity contribution in [1.29, 1.82) is 0 Å². The molecule has 0 aliphatic heterocycles. The SMILES string of the molecule is CCCCCCCCC1C(O)CCC1CCCCCCC(=O)O. The monoisotopic (exact) mass is 326 g/mol. The minimum atomic E-state index is -0.678. The second-order valence-electron chi connectivity index (χ2n) is 7.47. The first-order valence-electron chi connectivity index (χ1n) is 10.0. The van der Waals surface area contributed by atoms with Crippen molar-refractivity contribution in [1.82, 2.24) is 0 Å². The average Bonchev–Trinajstić information content (AvgIpc) is 2.86.